The second-order valence-corrected chi connectivity index (χ2v) is 21.8. The highest BCUT2D eigenvalue weighted by Gasteiger charge is 2.56. The fraction of sp³-hybridized carbons (Fsp3) is 0.103. The molecule has 0 atom stereocenters. The molecule has 0 bridgehead atoms. The lowest BCUT2D eigenvalue weighted by Gasteiger charge is -2.52. The monoisotopic (exact) mass is 781 g/mol. The van der Waals surface area contributed by atoms with E-state index in [1.165, 1.54) is 115 Å². The van der Waals surface area contributed by atoms with E-state index >= 15 is 0 Å². The van der Waals surface area contributed by atoms with Gasteiger partial charge < -0.3 is 4.90 Å². The van der Waals surface area contributed by atoms with Crippen molar-refractivity contribution in [1.82, 2.24) is 0 Å². The number of rotatable bonds is 1. The zero-order valence-corrected chi connectivity index (χ0v) is 35.3. The van der Waals surface area contributed by atoms with Crippen LogP contribution in [0.3, 0.4) is 0 Å². The van der Waals surface area contributed by atoms with Crippen molar-refractivity contribution < 1.29 is 0 Å². The van der Waals surface area contributed by atoms with Crippen molar-refractivity contribution in [2.75, 3.05) is 4.90 Å². The summed E-state index contributed by atoms with van der Waals surface area (Å²) in [5.74, 6) is 0. The Bertz CT molecular complexity index is 3250. The summed E-state index contributed by atoms with van der Waals surface area (Å²) in [7, 11) is -2.71. The standard InChI is InChI=1S/C58H43NSi/c1-36-25-28-42-43-29-26-37(2)32-55(43)60(54(42)31-36)53-24-14-7-17-41(53)44-30-27-40(35-56(44)60)59-51-23-13-12-22-49(51)58(50-33-38-15-5-6-16-39(38)34-52(50)59)47-20-10-8-18-45(47)57(3,4)46-19-9-11-21-48(46)58/h5-35H,1-4H3. The van der Waals surface area contributed by atoms with Gasteiger partial charge in [0.1, 0.15) is 0 Å². The Morgan fingerprint density at radius 3 is 1.50 bits per heavy atom. The van der Waals surface area contributed by atoms with Gasteiger partial charge in [0.15, 0.2) is 8.07 Å². The lowest BCUT2D eigenvalue weighted by molar-refractivity contribution is 0.557. The molecule has 0 amide bonds. The Kier molecular flexibility index (Phi) is 6.67. The van der Waals surface area contributed by atoms with Crippen LogP contribution in [0.15, 0.2) is 188 Å². The molecule has 9 aromatic carbocycles. The maximum absolute atomic E-state index is 2.71. The molecule has 0 saturated carbocycles. The number of fused-ring (bicyclic) bond motifs is 19. The molecule has 3 heterocycles. The van der Waals surface area contributed by atoms with Crippen molar-refractivity contribution in [3.8, 4) is 22.3 Å². The van der Waals surface area contributed by atoms with E-state index in [4.69, 9.17) is 0 Å². The normalized spacial score (nSPS) is 16.0. The minimum atomic E-state index is -2.71. The van der Waals surface area contributed by atoms with Crippen molar-refractivity contribution in [2.24, 2.45) is 0 Å². The van der Waals surface area contributed by atoms with Crippen LogP contribution in [0.1, 0.15) is 58.4 Å². The molecule has 2 heteroatoms. The van der Waals surface area contributed by atoms with Crippen molar-refractivity contribution in [3.63, 3.8) is 0 Å². The number of para-hydroxylation sites is 1. The van der Waals surface area contributed by atoms with Crippen LogP contribution in [0.4, 0.5) is 17.1 Å². The molecule has 4 aliphatic rings. The van der Waals surface area contributed by atoms with Crippen LogP contribution in [0.2, 0.25) is 0 Å². The first kappa shape index (κ1) is 34.2. The molecular formula is C58H43NSi. The van der Waals surface area contributed by atoms with Gasteiger partial charge in [-0.2, -0.15) is 0 Å². The zero-order valence-electron chi connectivity index (χ0n) is 34.3. The third-order valence-corrected chi connectivity index (χ3v) is 19.7. The lowest BCUT2D eigenvalue weighted by Crippen LogP contribution is -2.70. The molecule has 0 unspecified atom stereocenters. The summed E-state index contributed by atoms with van der Waals surface area (Å²) in [4.78, 5) is 2.61. The van der Waals surface area contributed by atoms with Crippen molar-refractivity contribution in [3.05, 3.63) is 233 Å². The Morgan fingerprint density at radius 1 is 0.367 bits per heavy atom. The fourth-order valence-electron chi connectivity index (χ4n) is 12.4. The van der Waals surface area contributed by atoms with Crippen LogP contribution in [0.5, 0.6) is 0 Å². The van der Waals surface area contributed by atoms with E-state index < -0.39 is 13.5 Å². The van der Waals surface area contributed by atoms with Gasteiger partial charge in [0.25, 0.3) is 0 Å². The SMILES string of the molecule is Cc1ccc2c(c1)[Si]1(c3ccccc3-c3ccc(N4c5ccccc5C5(c6cc7ccccc7cc64)c4ccccc4C(C)(C)c4ccccc45)cc31)c1cc(C)ccc1-2. The third-order valence-electron chi connectivity index (χ3n) is 14.8. The van der Waals surface area contributed by atoms with Crippen LogP contribution < -0.4 is 25.6 Å². The fourth-order valence-corrected chi connectivity index (χ4v) is 18.2. The zero-order chi connectivity index (χ0) is 40.1. The van der Waals surface area contributed by atoms with Crippen molar-refractivity contribution in [1.29, 1.82) is 0 Å². The van der Waals surface area contributed by atoms with E-state index in [0.717, 1.165) is 0 Å². The molecule has 60 heavy (non-hydrogen) atoms. The van der Waals surface area contributed by atoms with E-state index in [1.807, 2.05) is 0 Å². The summed E-state index contributed by atoms with van der Waals surface area (Å²) in [6, 6.07) is 73.1. The average molecular weight is 782 g/mol. The molecule has 0 radical (unpaired) electrons. The molecule has 9 aromatic rings. The highest BCUT2D eigenvalue weighted by Crippen LogP contribution is 2.63. The van der Waals surface area contributed by atoms with E-state index in [2.05, 4.69) is 221 Å². The maximum atomic E-state index is 2.62. The average Bonchev–Trinajstić information content (AvgIpc) is 3.73. The lowest BCUT2D eigenvalue weighted by atomic mass is 9.53. The van der Waals surface area contributed by atoms with Gasteiger partial charge in [0, 0.05) is 11.1 Å². The summed E-state index contributed by atoms with van der Waals surface area (Å²) < 4.78 is 0. The first-order valence-electron chi connectivity index (χ1n) is 21.4. The topological polar surface area (TPSA) is 3.24 Å². The van der Waals surface area contributed by atoms with Gasteiger partial charge in [0.2, 0.25) is 0 Å². The van der Waals surface area contributed by atoms with Gasteiger partial charge in [-0.3, -0.25) is 0 Å². The van der Waals surface area contributed by atoms with E-state index in [-0.39, 0.29) is 5.41 Å². The Balaban J connectivity index is 1.15. The second-order valence-electron chi connectivity index (χ2n) is 18.2. The van der Waals surface area contributed by atoms with Gasteiger partial charge in [-0.25, -0.2) is 0 Å². The molecule has 0 saturated heterocycles. The molecule has 284 valence electrons. The van der Waals surface area contributed by atoms with Gasteiger partial charge in [-0.15, -0.1) is 0 Å². The summed E-state index contributed by atoms with van der Waals surface area (Å²) in [5.41, 5.74) is 19.3. The van der Waals surface area contributed by atoms with Crippen molar-refractivity contribution in [2.45, 2.75) is 38.5 Å². The first-order chi connectivity index (χ1) is 29.3. The minimum Gasteiger partial charge on any atom is -0.310 e. The molecule has 0 N–H and O–H groups in total. The molecule has 1 nitrogen and oxygen atoms in total. The maximum Gasteiger partial charge on any atom is 0.182 e. The quantitative estimate of drug-likeness (QED) is 0.150. The van der Waals surface area contributed by atoms with Crippen LogP contribution in [-0.4, -0.2) is 8.07 Å². The summed E-state index contributed by atoms with van der Waals surface area (Å²) in [6.07, 6.45) is 0. The number of hydrogen-bond acceptors (Lipinski definition) is 1. The second kappa shape index (κ2) is 11.7. The molecule has 3 aliphatic heterocycles. The summed E-state index contributed by atoms with van der Waals surface area (Å²) in [6.45, 7) is 9.34. The number of nitrogens with zero attached hydrogens (tertiary/aromatic N) is 1. The van der Waals surface area contributed by atoms with E-state index in [1.54, 1.807) is 0 Å². The molecule has 0 fully saturated rings. The predicted octanol–water partition coefficient (Wildman–Crippen LogP) is 11.6. The Labute approximate surface area is 353 Å². The number of hydrogen-bond donors (Lipinski definition) is 0. The highest BCUT2D eigenvalue weighted by atomic mass is 28.3. The van der Waals surface area contributed by atoms with Gasteiger partial charge in [-0.05, 0) is 131 Å². The molecular weight excluding hydrogens is 739 g/mol. The van der Waals surface area contributed by atoms with Gasteiger partial charge >= 0.3 is 0 Å². The highest BCUT2D eigenvalue weighted by molar-refractivity contribution is 7.24. The first-order valence-corrected chi connectivity index (χ1v) is 23.4. The van der Waals surface area contributed by atoms with Crippen LogP contribution in [0.25, 0.3) is 33.0 Å². The summed E-state index contributed by atoms with van der Waals surface area (Å²) >= 11 is 0. The van der Waals surface area contributed by atoms with Crippen molar-refractivity contribution >= 4 is 56.7 Å². The Morgan fingerprint density at radius 2 is 0.850 bits per heavy atom. The predicted molar refractivity (Wildman–Crippen MR) is 254 cm³/mol. The van der Waals surface area contributed by atoms with E-state index in [9.17, 15) is 0 Å². The van der Waals surface area contributed by atoms with Crippen LogP contribution in [-0.2, 0) is 10.8 Å². The van der Waals surface area contributed by atoms with Gasteiger partial charge in [-0.1, -0.05) is 183 Å². The number of benzene rings is 9. The van der Waals surface area contributed by atoms with Crippen LogP contribution in [0, 0.1) is 13.8 Å². The third kappa shape index (κ3) is 4.03. The summed E-state index contributed by atoms with van der Waals surface area (Å²) in [5, 5.41) is 8.55. The Hall–Kier alpha value is -6.74. The number of aryl methyl sites for hydroxylation is 2. The molecule has 1 aliphatic carbocycles. The smallest absolute Gasteiger partial charge is 0.182 e. The largest absolute Gasteiger partial charge is 0.310 e. The number of anilines is 3. The van der Waals surface area contributed by atoms with Gasteiger partial charge in [0.05, 0.1) is 16.8 Å². The molecule has 13 rings (SSSR count). The van der Waals surface area contributed by atoms with E-state index in [0.29, 0.717) is 0 Å². The minimum absolute atomic E-state index is 0.167. The van der Waals surface area contributed by atoms with Crippen LogP contribution >= 0.6 is 0 Å². The molecule has 0 aromatic heterocycles. The molecule has 2 spiro atoms.